The van der Waals surface area contributed by atoms with Crippen molar-refractivity contribution in [1.82, 2.24) is 20.1 Å². The SMILES string of the molecule is CCNC(c1ccnc(C)c1)c1c(Cl)cnn1C(C)C. The van der Waals surface area contributed by atoms with E-state index in [4.69, 9.17) is 11.6 Å². The van der Waals surface area contributed by atoms with E-state index >= 15 is 0 Å². The average Bonchev–Trinajstić information content (AvgIpc) is 2.78. The molecule has 108 valence electrons. The van der Waals surface area contributed by atoms with Crippen molar-refractivity contribution in [2.45, 2.75) is 39.8 Å². The lowest BCUT2D eigenvalue weighted by Gasteiger charge is -2.22. The largest absolute Gasteiger partial charge is 0.305 e. The molecular weight excluding hydrogens is 272 g/mol. The lowest BCUT2D eigenvalue weighted by molar-refractivity contribution is 0.476. The van der Waals surface area contributed by atoms with Crippen LogP contribution in [0.1, 0.15) is 49.8 Å². The number of aryl methyl sites for hydroxylation is 1. The van der Waals surface area contributed by atoms with Crippen LogP contribution in [-0.2, 0) is 0 Å². The fraction of sp³-hybridized carbons (Fsp3) is 0.467. The Morgan fingerprint density at radius 3 is 2.75 bits per heavy atom. The molecule has 20 heavy (non-hydrogen) atoms. The number of hydrogen-bond acceptors (Lipinski definition) is 3. The van der Waals surface area contributed by atoms with Gasteiger partial charge in [-0.2, -0.15) is 5.10 Å². The average molecular weight is 293 g/mol. The summed E-state index contributed by atoms with van der Waals surface area (Å²) in [5, 5.41) is 8.58. The highest BCUT2D eigenvalue weighted by Crippen LogP contribution is 2.30. The summed E-state index contributed by atoms with van der Waals surface area (Å²) in [6.07, 6.45) is 3.55. The zero-order valence-corrected chi connectivity index (χ0v) is 13.1. The van der Waals surface area contributed by atoms with Crippen molar-refractivity contribution in [2.75, 3.05) is 6.54 Å². The van der Waals surface area contributed by atoms with E-state index in [1.54, 1.807) is 6.20 Å². The molecule has 0 bridgehead atoms. The summed E-state index contributed by atoms with van der Waals surface area (Å²) in [7, 11) is 0. The predicted molar refractivity (Wildman–Crippen MR) is 82.1 cm³/mol. The molecule has 0 saturated carbocycles. The van der Waals surface area contributed by atoms with Gasteiger partial charge < -0.3 is 5.32 Å². The molecule has 1 N–H and O–H groups in total. The number of nitrogens with zero attached hydrogens (tertiary/aromatic N) is 3. The topological polar surface area (TPSA) is 42.7 Å². The molecule has 0 fully saturated rings. The molecular formula is C15H21ClN4. The Kier molecular flexibility index (Phi) is 4.78. The van der Waals surface area contributed by atoms with Gasteiger partial charge in [-0.25, -0.2) is 0 Å². The fourth-order valence-corrected chi connectivity index (χ4v) is 2.60. The molecule has 2 heterocycles. The van der Waals surface area contributed by atoms with E-state index < -0.39 is 0 Å². The molecule has 4 nitrogen and oxygen atoms in total. The van der Waals surface area contributed by atoms with Crippen LogP contribution in [-0.4, -0.2) is 21.3 Å². The Balaban J connectivity index is 2.51. The van der Waals surface area contributed by atoms with Crippen LogP contribution in [0.3, 0.4) is 0 Å². The number of halogens is 1. The van der Waals surface area contributed by atoms with E-state index in [9.17, 15) is 0 Å². The van der Waals surface area contributed by atoms with E-state index in [-0.39, 0.29) is 12.1 Å². The van der Waals surface area contributed by atoms with E-state index in [1.807, 2.05) is 23.9 Å². The molecule has 0 aliphatic rings. The Hall–Kier alpha value is -1.39. The van der Waals surface area contributed by atoms with Crippen LogP contribution in [0.25, 0.3) is 0 Å². The van der Waals surface area contributed by atoms with Crippen LogP contribution in [0, 0.1) is 6.92 Å². The third-order valence-electron chi connectivity index (χ3n) is 3.21. The van der Waals surface area contributed by atoms with Gasteiger partial charge in [0.15, 0.2) is 0 Å². The number of nitrogens with one attached hydrogen (secondary N) is 1. The molecule has 0 saturated heterocycles. The highest BCUT2D eigenvalue weighted by molar-refractivity contribution is 6.31. The molecule has 1 atom stereocenters. The first-order valence-corrected chi connectivity index (χ1v) is 7.31. The van der Waals surface area contributed by atoms with Crippen LogP contribution >= 0.6 is 11.6 Å². The van der Waals surface area contributed by atoms with Crippen LogP contribution in [0.15, 0.2) is 24.5 Å². The number of rotatable bonds is 5. The van der Waals surface area contributed by atoms with Crippen molar-refractivity contribution in [2.24, 2.45) is 0 Å². The minimum atomic E-state index is 0.0269. The van der Waals surface area contributed by atoms with Crippen molar-refractivity contribution >= 4 is 11.6 Å². The zero-order chi connectivity index (χ0) is 14.7. The van der Waals surface area contributed by atoms with Crippen molar-refractivity contribution in [1.29, 1.82) is 0 Å². The molecule has 0 aliphatic heterocycles. The monoisotopic (exact) mass is 292 g/mol. The van der Waals surface area contributed by atoms with Crippen LogP contribution in [0.5, 0.6) is 0 Å². The van der Waals surface area contributed by atoms with Crippen LogP contribution in [0.4, 0.5) is 0 Å². The normalized spacial score (nSPS) is 12.9. The summed E-state index contributed by atoms with van der Waals surface area (Å²) < 4.78 is 1.98. The number of pyridine rings is 1. The van der Waals surface area contributed by atoms with Crippen molar-refractivity contribution < 1.29 is 0 Å². The minimum Gasteiger partial charge on any atom is -0.305 e. The summed E-state index contributed by atoms with van der Waals surface area (Å²) >= 11 is 6.37. The minimum absolute atomic E-state index is 0.0269. The molecule has 2 aromatic heterocycles. The third kappa shape index (κ3) is 3.02. The van der Waals surface area contributed by atoms with Gasteiger partial charge in [0, 0.05) is 17.9 Å². The third-order valence-corrected chi connectivity index (χ3v) is 3.50. The van der Waals surface area contributed by atoms with Crippen LogP contribution in [0.2, 0.25) is 5.02 Å². The van der Waals surface area contributed by atoms with Crippen LogP contribution < -0.4 is 5.32 Å². The van der Waals surface area contributed by atoms with Gasteiger partial charge in [-0.3, -0.25) is 9.67 Å². The second-order valence-electron chi connectivity index (χ2n) is 5.14. The molecule has 0 aliphatic carbocycles. The molecule has 1 unspecified atom stereocenters. The van der Waals surface area contributed by atoms with Gasteiger partial charge in [-0.15, -0.1) is 0 Å². The molecule has 0 radical (unpaired) electrons. The first-order valence-electron chi connectivity index (χ1n) is 6.93. The predicted octanol–water partition coefficient (Wildman–Crippen LogP) is 3.52. The second kappa shape index (κ2) is 6.37. The van der Waals surface area contributed by atoms with Gasteiger partial charge in [0.2, 0.25) is 0 Å². The van der Waals surface area contributed by atoms with Gasteiger partial charge in [0.1, 0.15) is 0 Å². The maximum Gasteiger partial charge on any atom is 0.0837 e. The lowest BCUT2D eigenvalue weighted by atomic mass is 10.0. The molecule has 2 aromatic rings. The number of hydrogen-bond donors (Lipinski definition) is 1. The fourth-order valence-electron chi connectivity index (χ4n) is 2.36. The van der Waals surface area contributed by atoms with Crippen molar-refractivity contribution in [3.8, 4) is 0 Å². The summed E-state index contributed by atoms with van der Waals surface area (Å²) in [6.45, 7) is 9.14. The van der Waals surface area contributed by atoms with E-state index in [2.05, 4.69) is 42.2 Å². The number of aromatic nitrogens is 3. The van der Waals surface area contributed by atoms with Crippen molar-refractivity contribution in [3.63, 3.8) is 0 Å². The lowest BCUT2D eigenvalue weighted by Crippen LogP contribution is -2.26. The zero-order valence-electron chi connectivity index (χ0n) is 12.4. The van der Waals surface area contributed by atoms with E-state index in [1.165, 1.54) is 0 Å². The highest BCUT2D eigenvalue weighted by atomic mass is 35.5. The molecule has 0 spiro atoms. The first-order chi connectivity index (χ1) is 9.54. The van der Waals surface area contributed by atoms with E-state index in [0.717, 1.165) is 23.5 Å². The maximum absolute atomic E-state index is 6.37. The van der Waals surface area contributed by atoms with Gasteiger partial charge >= 0.3 is 0 Å². The van der Waals surface area contributed by atoms with E-state index in [0.29, 0.717) is 5.02 Å². The Morgan fingerprint density at radius 1 is 1.40 bits per heavy atom. The highest BCUT2D eigenvalue weighted by Gasteiger charge is 2.22. The quantitative estimate of drug-likeness (QED) is 0.917. The standard InChI is InChI=1S/C15H21ClN4/c1-5-17-14(12-6-7-18-11(4)8-12)15-13(16)9-19-20(15)10(2)3/h6-10,14,17H,5H2,1-4H3. The Bertz CT molecular complexity index is 577. The summed E-state index contributed by atoms with van der Waals surface area (Å²) in [5.41, 5.74) is 3.16. The first kappa shape index (κ1) is 15.0. The van der Waals surface area contributed by atoms with Gasteiger partial charge in [-0.05, 0) is 45.0 Å². The Labute approximate surface area is 125 Å². The van der Waals surface area contributed by atoms with Crippen molar-refractivity contribution in [3.05, 3.63) is 46.5 Å². The smallest absolute Gasteiger partial charge is 0.0837 e. The molecule has 0 aromatic carbocycles. The van der Waals surface area contributed by atoms with Gasteiger partial charge in [0.25, 0.3) is 0 Å². The van der Waals surface area contributed by atoms with Gasteiger partial charge in [0.05, 0.1) is 23.0 Å². The summed E-state index contributed by atoms with van der Waals surface area (Å²) in [5.74, 6) is 0. The van der Waals surface area contributed by atoms with Gasteiger partial charge in [-0.1, -0.05) is 18.5 Å². The molecule has 2 rings (SSSR count). The maximum atomic E-state index is 6.37. The molecule has 0 amide bonds. The summed E-state index contributed by atoms with van der Waals surface area (Å²) in [6, 6.07) is 4.40. The summed E-state index contributed by atoms with van der Waals surface area (Å²) in [4.78, 5) is 4.26. The Morgan fingerprint density at radius 2 is 2.15 bits per heavy atom. The molecule has 5 heteroatoms. The second-order valence-corrected chi connectivity index (χ2v) is 5.54.